The summed E-state index contributed by atoms with van der Waals surface area (Å²) in [4.78, 5) is 50.4. The number of nitrogens with one attached hydrogen (secondary N) is 2. The lowest BCUT2D eigenvalue weighted by atomic mass is 10.0. The lowest BCUT2D eigenvalue weighted by Crippen LogP contribution is -2.34. The van der Waals surface area contributed by atoms with Gasteiger partial charge in [0, 0.05) is 12.6 Å². The molecule has 11 heteroatoms. The van der Waals surface area contributed by atoms with Crippen molar-refractivity contribution in [1.29, 1.82) is 0 Å². The van der Waals surface area contributed by atoms with Gasteiger partial charge in [0.15, 0.2) is 0 Å². The Bertz CT molecular complexity index is 1340. The first-order valence-corrected chi connectivity index (χ1v) is 11.3. The lowest BCUT2D eigenvalue weighted by Gasteiger charge is -2.16. The molecule has 0 radical (unpaired) electrons. The van der Waals surface area contributed by atoms with Crippen molar-refractivity contribution in [2.45, 2.75) is 31.8 Å². The largest absolute Gasteiger partial charge is 0.459 e. The molecule has 10 nitrogen and oxygen atoms in total. The molecule has 0 spiro atoms. The lowest BCUT2D eigenvalue weighted by molar-refractivity contribution is -0.0439. The number of esters is 1. The van der Waals surface area contributed by atoms with E-state index in [2.05, 4.69) is 5.32 Å². The Morgan fingerprint density at radius 3 is 2.47 bits per heavy atom. The van der Waals surface area contributed by atoms with Crippen molar-refractivity contribution in [3.05, 3.63) is 87.2 Å². The molecule has 1 aliphatic rings. The quantitative estimate of drug-likeness (QED) is 0.480. The molecule has 36 heavy (non-hydrogen) atoms. The highest BCUT2D eigenvalue weighted by molar-refractivity contribution is 5.90. The zero-order valence-corrected chi connectivity index (χ0v) is 19.3. The normalized spacial score (nSPS) is 19.0. The number of H-pyrrole nitrogens is 1. The highest BCUT2D eigenvalue weighted by Crippen LogP contribution is 2.30. The number of aromatic nitrogens is 2. The van der Waals surface area contributed by atoms with E-state index in [0.29, 0.717) is 5.56 Å². The Morgan fingerprint density at radius 2 is 1.78 bits per heavy atom. The Kier molecular flexibility index (Phi) is 7.59. The van der Waals surface area contributed by atoms with Gasteiger partial charge in [-0.1, -0.05) is 42.5 Å². The fourth-order valence-electron chi connectivity index (χ4n) is 3.75. The van der Waals surface area contributed by atoms with E-state index in [0.717, 1.165) is 21.9 Å². The molecule has 2 heterocycles. The van der Waals surface area contributed by atoms with Gasteiger partial charge in [0.2, 0.25) is 0 Å². The van der Waals surface area contributed by atoms with Gasteiger partial charge in [-0.3, -0.25) is 19.7 Å². The third kappa shape index (κ3) is 5.69. The molecule has 1 aliphatic heterocycles. The number of amides is 1. The second kappa shape index (κ2) is 11.0. The molecule has 1 unspecified atom stereocenters. The molecule has 3 atom stereocenters. The van der Waals surface area contributed by atoms with Crippen molar-refractivity contribution in [3.63, 3.8) is 0 Å². The summed E-state index contributed by atoms with van der Waals surface area (Å²) in [7, 11) is 0. The van der Waals surface area contributed by atoms with Gasteiger partial charge in [0.1, 0.15) is 30.8 Å². The molecule has 3 aromatic rings. The average Bonchev–Trinajstić information content (AvgIpc) is 3.25. The Morgan fingerprint density at radius 1 is 1.08 bits per heavy atom. The molecule has 0 saturated carbocycles. The minimum absolute atomic E-state index is 0.0796. The van der Waals surface area contributed by atoms with Crippen LogP contribution in [0.15, 0.2) is 70.4 Å². The van der Waals surface area contributed by atoms with E-state index in [9.17, 15) is 23.6 Å². The number of rotatable bonds is 7. The monoisotopic (exact) mass is 497 g/mol. The molecule has 1 fully saturated rings. The van der Waals surface area contributed by atoms with Gasteiger partial charge in [0.05, 0.1) is 12.2 Å². The van der Waals surface area contributed by atoms with E-state index < -0.39 is 41.8 Å². The van der Waals surface area contributed by atoms with Crippen molar-refractivity contribution in [2.75, 3.05) is 18.5 Å². The first-order valence-electron chi connectivity index (χ1n) is 11.3. The molecule has 0 aliphatic carbocycles. The van der Waals surface area contributed by atoms with Gasteiger partial charge < -0.3 is 14.2 Å². The highest BCUT2D eigenvalue weighted by atomic mass is 19.1. The van der Waals surface area contributed by atoms with E-state index in [1.54, 1.807) is 31.2 Å². The van der Waals surface area contributed by atoms with Crippen LogP contribution in [0.2, 0.25) is 0 Å². The number of carbonyl (C=O) groups excluding carboxylic acids is 2. The van der Waals surface area contributed by atoms with Gasteiger partial charge in [-0.05, 0) is 30.2 Å². The molecule has 0 bridgehead atoms. The van der Waals surface area contributed by atoms with Crippen LogP contribution in [0.5, 0.6) is 0 Å². The molecule has 1 saturated heterocycles. The number of nitrogens with zero attached hydrogens (tertiary/aromatic N) is 1. The number of halogens is 1. The highest BCUT2D eigenvalue weighted by Gasteiger charge is 2.38. The topological polar surface area (TPSA) is 129 Å². The molecule has 1 amide bonds. The maximum atomic E-state index is 14.6. The number of anilines is 1. The van der Waals surface area contributed by atoms with Crippen LogP contribution in [0.25, 0.3) is 11.1 Å². The SMILES string of the molecule is CCOC(=O)Nc1cn(C2C[C@H](F)[C@@H](COC(=O)c3ccc(-c4ccccc4)cc3)O2)c(=O)[nH]c1=O. The molecular formula is C25H24FN3O7. The van der Waals surface area contributed by atoms with Crippen molar-refractivity contribution >= 4 is 17.7 Å². The van der Waals surface area contributed by atoms with Crippen molar-refractivity contribution in [2.24, 2.45) is 0 Å². The number of ether oxygens (including phenoxy) is 3. The van der Waals surface area contributed by atoms with E-state index in [4.69, 9.17) is 14.2 Å². The predicted octanol–water partition coefficient (Wildman–Crippen LogP) is 3.25. The molecule has 2 N–H and O–H groups in total. The number of benzene rings is 2. The first kappa shape index (κ1) is 24.9. The third-order valence-electron chi connectivity index (χ3n) is 5.56. The fourth-order valence-corrected chi connectivity index (χ4v) is 3.75. The Balaban J connectivity index is 1.38. The summed E-state index contributed by atoms with van der Waals surface area (Å²) in [5.41, 5.74) is 0.278. The second-order valence-electron chi connectivity index (χ2n) is 7.98. The molecule has 1 aromatic heterocycles. The average molecular weight is 497 g/mol. The van der Waals surface area contributed by atoms with Crippen molar-refractivity contribution < 1.29 is 28.2 Å². The van der Waals surface area contributed by atoms with E-state index in [1.165, 1.54) is 0 Å². The summed E-state index contributed by atoms with van der Waals surface area (Å²) in [6, 6.07) is 16.5. The third-order valence-corrected chi connectivity index (χ3v) is 5.56. The number of aromatic amines is 1. The van der Waals surface area contributed by atoms with Crippen molar-refractivity contribution in [1.82, 2.24) is 9.55 Å². The van der Waals surface area contributed by atoms with Crippen LogP contribution in [-0.4, -0.2) is 47.1 Å². The zero-order chi connectivity index (χ0) is 25.7. The molecular weight excluding hydrogens is 473 g/mol. The number of hydrogen-bond acceptors (Lipinski definition) is 7. The summed E-state index contributed by atoms with van der Waals surface area (Å²) in [5.74, 6) is -0.643. The van der Waals surface area contributed by atoms with Crippen LogP contribution in [0, 0.1) is 0 Å². The van der Waals surface area contributed by atoms with E-state index in [1.807, 2.05) is 35.3 Å². The van der Waals surface area contributed by atoms with Crippen molar-refractivity contribution in [3.8, 4) is 11.1 Å². The fraction of sp³-hybridized carbons (Fsp3) is 0.280. The van der Waals surface area contributed by atoms with E-state index in [-0.39, 0.29) is 25.3 Å². The van der Waals surface area contributed by atoms with Crippen LogP contribution >= 0.6 is 0 Å². The summed E-state index contributed by atoms with van der Waals surface area (Å²) in [6.45, 7) is 1.30. The summed E-state index contributed by atoms with van der Waals surface area (Å²) in [5, 5.41) is 2.21. The zero-order valence-electron chi connectivity index (χ0n) is 19.3. The summed E-state index contributed by atoms with van der Waals surface area (Å²) >= 11 is 0. The maximum Gasteiger partial charge on any atom is 0.411 e. The molecule has 4 rings (SSSR count). The standard InChI is InChI=1S/C25H24FN3O7/c1-2-34-25(33)27-19-13-29(24(32)28-22(19)30)21-12-18(26)20(36-21)14-35-23(31)17-10-8-16(9-11-17)15-6-4-3-5-7-15/h3-11,13,18,20-21H,2,12,14H2,1H3,(H,27,33)(H,28,30,32)/t18-,20+,21?/m0/s1. The smallest absolute Gasteiger partial charge is 0.411 e. The van der Waals surface area contributed by atoms with Gasteiger partial charge >= 0.3 is 17.8 Å². The van der Waals surface area contributed by atoms with Crippen LogP contribution < -0.4 is 16.6 Å². The molecule has 188 valence electrons. The number of hydrogen-bond donors (Lipinski definition) is 2. The van der Waals surface area contributed by atoms with E-state index >= 15 is 0 Å². The Labute approximate surface area is 204 Å². The predicted molar refractivity (Wildman–Crippen MR) is 128 cm³/mol. The second-order valence-corrected chi connectivity index (χ2v) is 7.98. The minimum Gasteiger partial charge on any atom is -0.459 e. The van der Waals surface area contributed by atoms with Crippen LogP contribution in [0.3, 0.4) is 0 Å². The first-order chi connectivity index (χ1) is 17.4. The van der Waals surface area contributed by atoms with Crippen LogP contribution in [0.4, 0.5) is 14.9 Å². The van der Waals surface area contributed by atoms with Crippen LogP contribution in [-0.2, 0) is 14.2 Å². The Hall–Kier alpha value is -4.25. The minimum atomic E-state index is -1.54. The van der Waals surface area contributed by atoms with Gasteiger partial charge in [-0.25, -0.2) is 18.8 Å². The maximum absolute atomic E-state index is 14.6. The summed E-state index contributed by atoms with van der Waals surface area (Å²) in [6.07, 6.45) is -3.80. The van der Waals surface area contributed by atoms with Gasteiger partial charge in [0.25, 0.3) is 5.56 Å². The van der Waals surface area contributed by atoms with Gasteiger partial charge in [-0.15, -0.1) is 0 Å². The number of alkyl halides is 1. The van der Waals surface area contributed by atoms with Crippen LogP contribution in [0.1, 0.15) is 29.9 Å². The van der Waals surface area contributed by atoms with Gasteiger partial charge in [-0.2, -0.15) is 0 Å². The molecule has 2 aromatic carbocycles. The number of carbonyl (C=O) groups is 2. The summed E-state index contributed by atoms with van der Waals surface area (Å²) < 4.78 is 31.2.